The van der Waals surface area contributed by atoms with E-state index in [2.05, 4.69) is 24.5 Å². The molecule has 1 saturated carbocycles. The fourth-order valence-electron chi connectivity index (χ4n) is 3.29. The van der Waals surface area contributed by atoms with Gasteiger partial charge in [-0.15, -0.1) is 0 Å². The summed E-state index contributed by atoms with van der Waals surface area (Å²) in [5, 5.41) is 6.43. The van der Waals surface area contributed by atoms with E-state index in [9.17, 15) is 4.79 Å². The van der Waals surface area contributed by atoms with Crippen molar-refractivity contribution in [3.63, 3.8) is 0 Å². The van der Waals surface area contributed by atoms with Crippen molar-refractivity contribution in [2.24, 2.45) is 11.3 Å². The van der Waals surface area contributed by atoms with E-state index in [4.69, 9.17) is 4.74 Å². The molecule has 0 aromatic heterocycles. The first-order chi connectivity index (χ1) is 8.44. The normalized spacial score (nSPS) is 32.6. The molecule has 1 aliphatic heterocycles. The lowest BCUT2D eigenvalue weighted by Crippen LogP contribution is -2.66. The van der Waals surface area contributed by atoms with Gasteiger partial charge in [-0.3, -0.25) is 0 Å². The van der Waals surface area contributed by atoms with Crippen LogP contribution >= 0.6 is 0 Å². The molecule has 0 radical (unpaired) electrons. The van der Waals surface area contributed by atoms with Gasteiger partial charge in [0.2, 0.25) is 0 Å². The number of fused-ring (bicyclic) bond motifs is 1. The summed E-state index contributed by atoms with van der Waals surface area (Å²) in [6.07, 6.45) is 1.59. The molecule has 1 saturated heterocycles. The molecule has 5 nitrogen and oxygen atoms in total. The maximum atomic E-state index is 11.3. The quantitative estimate of drug-likeness (QED) is 0.726. The standard InChI is InChI=1S/C13H25N3O2/c1-13(2)10(9-5-8-18-11(9)13)14-6-7-15-12(17)16(3)4/h9-11,14H,5-8H2,1-4H3,(H,15,17). The van der Waals surface area contributed by atoms with Crippen molar-refractivity contribution in [1.82, 2.24) is 15.5 Å². The molecule has 2 aliphatic rings. The number of hydrogen-bond donors (Lipinski definition) is 2. The van der Waals surface area contributed by atoms with Crippen LogP contribution in [0.25, 0.3) is 0 Å². The Balaban J connectivity index is 1.70. The van der Waals surface area contributed by atoms with Gasteiger partial charge in [0, 0.05) is 51.2 Å². The van der Waals surface area contributed by atoms with Crippen molar-refractivity contribution in [2.75, 3.05) is 33.8 Å². The Morgan fingerprint density at radius 2 is 2.11 bits per heavy atom. The molecule has 3 atom stereocenters. The molecule has 2 amide bonds. The van der Waals surface area contributed by atoms with E-state index < -0.39 is 0 Å². The summed E-state index contributed by atoms with van der Waals surface area (Å²) in [4.78, 5) is 12.9. The smallest absolute Gasteiger partial charge is 0.316 e. The third-order valence-electron chi connectivity index (χ3n) is 4.27. The molecule has 0 aromatic carbocycles. The third kappa shape index (κ3) is 2.34. The molecule has 2 fully saturated rings. The molecule has 5 heteroatoms. The second kappa shape index (κ2) is 5.05. The van der Waals surface area contributed by atoms with Crippen LogP contribution in [0.5, 0.6) is 0 Å². The number of nitrogens with zero attached hydrogens (tertiary/aromatic N) is 1. The van der Waals surface area contributed by atoms with Gasteiger partial charge in [0.15, 0.2) is 0 Å². The van der Waals surface area contributed by atoms with Crippen LogP contribution in [-0.4, -0.2) is 56.9 Å². The third-order valence-corrected chi connectivity index (χ3v) is 4.27. The molecule has 18 heavy (non-hydrogen) atoms. The minimum atomic E-state index is -0.0354. The molecule has 0 aromatic rings. The zero-order chi connectivity index (χ0) is 13.3. The first-order valence-electron chi connectivity index (χ1n) is 6.74. The minimum absolute atomic E-state index is 0.0354. The number of carbonyl (C=O) groups is 1. The number of urea groups is 1. The lowest BCUT2D eigenvalue weighted by atomic mass is 9.57. The SMILES string of the molecule is CN(C)C(=O)NCCNC1C2CCOC2C1(C)C. The van der Waals surface area contributed by atoms with Crippen LogP contribution in [-0.2, 0) is 4.74 Å². The van der Waals surface area contributed by atoms with Gasteiger partial charge in [-0.1, -0.05) is 13.8 Å². The summed E-state index contributed by atoms with van der Waals surface area (Å²) < 4.78 is 5.76. The summed E-state index contributed by atoms with van der Waals surface area (Å²) in [7, 11) is 3.50. The molecular weight excluding hydrogens is 230 g/mol. The molecular formula is C13H25N3O2. The number of ether oxygens (including phenoxy) is 1. The second-order valence-electron chi connectivity index (χ2n) is 6.12. The number of amides is 2. The molecule has 2 rings (SSSR count). The summed E-state index contributed by atoms with van der Waals surface area (Å²) in [5.74, 6) is 0.657. The van der Waals surface area contributed by atoms with Crippen LogP contribution in [0.15, 0.2) is 0 Å². The summed E-state index contributed by atoms with van der Waals surface area (Å²) in [5.41, 5.74) is 0.215. The van der Waals surface area contributed by atoms with Crippen LogP contribution < -0.4 is 10.6 Å². The van der Waals surface area contributed by atoms with E-state index in [1.807, 2.05) is 0 Å². The first-order valence-corrected chi connectivity index (χ1v) is 6.74. The van der Waals surface area contributed by atoms with Crippen molar-refractivity contribution in [1.29, 1.82) is 0 Å². The number of rotatable bonds is 4. The maximum Gasteiger partial charge on any atom is 0.316 e. The van der Waals surface area contributed by atoms with Gasteiger partial charge in [0.1, 0.15) is 0 Å². The molecule has 104 valence electrons. The zero-order valence-corrected chi connectivity index (χ0v) is 11.8. The first kappa shape index (κ1) is 13.6. The highest BCUT2D eigenvalue weighted by Crippen LogP contribution is 2.51. The largest absolute Gasteiger partial charge is 0.377 e. The number of nitrogens with one attached hydrogen (secondary N) is 2. The molecule has 0 spiro atoms. The Labute approximate surface area is 109 Å². The average molecular weight is 255 g/mol. The predicted octanol–water partition coefficient (Wildman–Crippen LogP) is 0.661. The highest BCUT2D eigenvalue weighted by Gasteiger charge is 2.58. The molecule has 3 unspecified atom stereocenters. The topological polar surface area (TPSA) is 53.6 Å². The second-order valence-corrected chi connectivity index (χ2v) is 6.12. The Morgan fingerprint density at radius 1 is 1.39 bits per heavy atom. The zero-order valence-electron chi connectivity index (χ0n) is 11.8. The minimum Gasteiger partial charge on any atom is -0.377 e. The van der Waals surface area contributed by atoms with E-state index in [0.29, 0.717) is 24.6 Å². The van der Waals surface area contributed by atoms with E-state index >= 15 is 0 Å². The predicted molar refractivity (Wildman–Crippen MR) is 70.5 cm³/mol. The van der Waals surface area contributed by atoms with Crippen molar-refractivity contribution in [3.8, 4) is 0 Å². The summed E-state index contributed by atoms with van der Waals surface area (Å²) in [6.45, 7) is 6.90. The number of hydrogen-bond acceptors (Lipinski definition) is 3. The molecule has 1 heterocycles. The monoisotopic (exact) mass is 255 g/mol. The van der Waals surface area contributed by atoms with Gasteiger partial charge in [0.25, 0.3) is 0 Å². The van der Waals surface area contributed by atoms with Crippen molar-refractivity contribution in [3.05, 3.63) is 0 Å². The lowest BCUT2D eigenvalue weighted by Gasteiger charge is -2.55. The van der Waals surface area contributed by atoms with Crippen molar-refractivity contribution in [2.45, 2.75) is 32.4 Å². The van der Waals surface area contributed by atoms with E-state index in [0.717, 1.165) is 19.6 Å². The van der Waals surface area contributed by atoms with Crippen molar-refractivity contribution < 1.29 is 9.53 Å². The molecule has 0 bridgehead atoms. The molecule has 1 aliphatic carbocycles. The van der Waals surface area contributed by atoms with Crippen LogP contribution in [0.1, 0.15) is 20.3 Å². The van der Waals surface area contributed by atoms with Gasteiger partial charge in [0.05, 0.1) is 6.10 Å². The summed E-state index contributed by atoms with van der Waals surface area (Å²) >= 11 is 0. The number of carbonyl (C=O) groups excluding carboxylic acids is 1. The fraction of sp³-hybridized carbons (Fsp3) is 0.923. The van der Waals surface area contributed by atoms with Gasteiger partial charge in [-0.05, 0) is 6.42 Å². The Hall–Kier alpha value is -0.810. The lowest BCUT2D eigenvalue weighted by molar-refractivity contribution is -0.112. The fourth-order valence-corrected chi connectivity index (χ4v) is 3.29. The highest BCUT2D eigenvalue weighted by molar-refractivity contribution is 5.73. The van der Waals surface area contributed by atoms with Gasteiger partial charge < -0.3 is 20.3 Å². The van der Waals surface area contributed by atoms with E-state index in [1.165, 1.54) is 0 Å². The van der Waals surface area contributed by atoms with Gasteiger partial charge in [-0.2, -0.15) is 0 Å². The maximum absolute atomic E-state index is 11.3. The van der Waals surface area contributed by atoms with Crippen LogP contribution in [0, 0.1) is 11.3 Å². The van der Waals surface area contributed by atoms with Gasteiger partial charge in [-0.25, -0.2) is 4.79 Å². The van der Waals surface area contributed by atoms with Gasteiger partial charge >= 0.3 is 6.03 Å². The van der Waals surface area contributed by atoms with E-state index in [1.54, 1.807) is 19.0 Å². The Kier molecular flexibility index (Phi) is 3.82. The Morgan fingerprint density at radius 3 is 2.78 bits per heavy atom. The van der Waals surface area contributed by atoms with E-state index in [-0.39, 0.29) is 11.4 Å². The molecule has 2 N–H and O–H groups in total. The van der Waals surface area contributed by atoms with Crippen molar-refractivity contribution >= 4 is 6.03 Å². The van der Waals surface area contributed by atoms with Crippen LogP contribution in [0.4, 0.5) is 4.79 Å². The van der Waals surface area contributed by atoms with Crippen LogP contribution in [0.3, 0.4) is 0 Å². The highest BCUT2D eigenvalue weighted by atomic mass is 16.5. The summed E-state index contributed by atoms with van der Waals surface area (Å²) in [6, 6.07) is 0.480. The average Bonchev–Trinajstić information content (AvgIpc) is 2.74. The van der Waals surface area contributed by atoms with Crippen LogP contribution in [0.2, 0.25) is 0 Å². The Bertz CT molecular complexity index is 317.